The molecule has 126 valence electrons. The van der Waals surface area contributed by atoms with E-state index in [1.54, 1.807) is 12.4 Å². The van der Waals surface area contributed by atoms with E-state index in [1.807, 2.05) is 44.2 Å². The third-order valence-electron chi connectivity index (χ3n) is 4.35. The van der Waals surface area contributed by atoms with Crippen LogP contribution in [0.25, 0.3) is 0 Å². The fourth-order valence-electron chi connectivity index (χ4n) is 2.87. The Morgan fingerprint density at radius 1 is 1.29 bits per heavy atom. The van der Waals surface area contributed by atoms with Crippen molar-refractivity contribution in [3.63, 3.8) is 0 Å². The number of nitrogens with zero attached hydrogens (tertiary/aromatic N) is 1. The number of hydrogen-bond acceptors (Lipinski definition) is 4. The molecule has 1 aliphatic carbocycles. The molecule has 1 aromatic heterocycles. The highest BCUT2D eigenvalue weighted by Crippen LogP contribution is 2.47. The Hall–Kier alpha value is -2.21. The maximum absolute atomic E-state index is 12.3. The number of sulfonamides is 1. The van der Waals surface area contributed by atoms with Crippen LogP contribution in [0.2, 0.25) is 0 Å². The van der Waals surface area contributed by atoms with Gasteiger partial charge in [0.2, 0.25) is 15.9 Å². The summed E-state index contributed by atoms with van der Waals surface area (Å²) in [7, 11) is -3.70. The van der Waals surface area contributed by atoms with Crippen molar-refractivity contribution in [1.29, 1.82) is 0 Å². The number of aryl methyl sites for hydroxylation is 2. The topological polar surface area (TPSA) is 76.1 Å². The summed E-state index contributed by atoms with van der Waals surface area (Å²) >= 11 is 0. The summed E-state index contributed by atoms with van der Waals surface area (Å²) in [4.78, 5) is 16.3. The number of rotatable bonds is 5. The number of benzene rings is 1. The summed E-state index contributed by atoms with van der Waals surface area (Å²) in [6, 6.07) is 9.40. The van der Waals surface area contributed by atoms with Crippen molar-refractivity contribution in [2.45, 2.75) is 31.9 Å². The lowest BCUT2D eigenvalue weighted by Crippen LogP contribution is -2.33. The summed E-state index contributed by atoms with van der Waals surface area (Å²) in [6.45, 7) is 3.78. The summed E-state index contributed by atoms with van der Waals surface area (Å²) in [5, 5.41) is 0. The highest BCUT2D eigenvalue weighted by Gasteiger charge is 2.45. The molecule has 1 fully saturated rings. The molecule has 0 radical (unpaired) electrons. The van der Waals surface area contributed by atoms with Crippen molar-refractivity contribution in [2.75, 3.05) is 0 Å². The zero-order valence-electron chi connectivity index (χ0n) is 13.7. The summed E-state index contributed by atoms with van der Waals surface area (Å²) in [6.07, 6.45) is 4.06. The van der Waals surface area contributed by atoms with Gasteiger partial charge in [-0.05, 0) is 48.9 Å². The van der Waals surface area contributed by atoms with Crippen molar-refractivity contribution in [1.82, 2.24) is 9.71 Å². The monoisotopic (exact) mass is 344 g/mol. The van der Waals surface area contributed by atoms with E-state index in [0.29, 0.717) is 6.42 Å². The normalized spacial score (nSPS) is 19.8. The second-order valence-corrected chi connectivity index (χ2v) is 8.11. The maximum atomic E-state index is 12.3. The molecule has 6 heteroatoms. The number of nitrogens with one attached hydrogen (secondary N) is 1. The third-order valence-corrected chi connectivity index (χ3v) is 5.55. The van der Waals surface area contributed by atoms with Crippen molar-refractivity contribution in [3.05, 3.63) is 65.0 Å². The number of amides is 1. The lowest BCUT2D eigenvalue weighted by molar-refractivity contribution is -0.120. The van der Waals surface area contributed by atoms with Crippen LogP contribution in [0.1, 0.15) is 34.6 Å². The van der Waals surface area contributed by atoms with E-state index >= 15 is 0 Å². The Morgan fingerprint density at radius 3 is 2.79 bits per heavy atom. The molecule has 1 N–H and O–H groups in total. The first-order valence-corrected chi connectivity index (χ1v) is 9.51. The molecule has 1 amide bonds. The van der Waals surface area contributed by atoms with Crippen LogP contribution in [0.4, 0.5) is 0 Å². The number of hydrogen-bond donors (Lipinski definition) is 1. The average Bonchev–Trinajstić information content (AvgIpc) is 3.32. The van der Waals surface area contributed by atoms with Gasteiger partial charge in [0.1, 0.15) is 0 Å². The summed E-state index contributed by atoms with van der Waals surface area (Å²) in [5.74, 6) is -0.831. The van der Waals surface area contributed by atoms with Crippen LogP contribution in [0.5, 0.6) is 0 Å². The summed E-state index contributed by atoms with van der Waals surface area (Å²) in [5.41, 5.74) is 3.59. The molecule has 0 aliphatic heterocycles. The van der Waals surface area contributed by atoms with Crippen LogP contribution < -0.4 is 4.72 Å². The van der Waals surface area contributed by atoms with Crippen LogP contribution in [-0.2, 0) is 20.6 Å². The largest absolute Gasteiger partial charge is 0.274 e. The smallest absolute Gasteiger partial charge is 0.239 e. The number of pyridine rings is 1. The zero-order chi connectivity index (χ0) is 17.3. The van der Waals surface area contributed by atoms with Gasteiger partial charge in [0.25, 0.3) is 0 Å². The first-order chi connectivity index (χ1) is 11.4. The van der Waals surface area contributed by atoms with E-state index in [-0.39, 0.29) is 17.6 Å². The number of carbonyl (C=O) groups excluding carboxylic acids is 1. The molecule has 5 nitrogen and oxygen atoms in total. The van der Waals surface area contributed by atoms with Gasteiger partial charge in [-0.15, -0.1) is 0 Å². The van der Waals surface area contributed by atoms with Gasteiger partial charge < -0.3 is 0 Å². The molecule has 0 saturated heterocycles. The van der Waals surface area contributed by atoms with E-state index < -0.39 is 15.9 Å². The van der Waals surface area contributed by atoms with E-state index in [2.05, 4.69) is 9.71 Å². The van der Waals surface area contributed by atoms with Gasteiger partial charge in [-0.25, -0.2) is 8.42 Å². The molecule has 24 heavy (non-hydrogen) atoms. The SMILES string of the molecule is Cc1ccc(C)c(CS(=O)(=O)NC(=O)C2CC2c2cccnc2)c1. The van der Waals surface area contributed by atoms with Crippen molar-refractivity contribution in [2.24, 2.45) is 5.92 Å². The second kappa shape index (κ2) is 6.36. The first kappa shape index (κ1) is 16.6. The van der Waals surface area contributed by atoms with Crippen LogP contribution in [0.3, 0.4) is 0 Å². The average molecular weight is 344 g/mol. The number of aromatic nitrogens is 1. The number of carbonyl (C=O) groups is 1. The van der Waals surface area contributed by atoms with Gasteiger partial charge in [0.15, 0.2) is 0 Å². The van der Waals surface area contributed by atoms with Crippen molar-refractivity contribution in [3.8, 4) is 0 Å². The zero-order valence-corrected chi connectivity index (χ0v) is 14.5. The van der Waals surface area contributed by atoms with Gasteiger partial charge in [-0.3, -0.25) is 14.5 Å². The molecule has 1 heterocycles. The molecular formula is C18H20N2O3S. The molecular weight excluding hydrogens is 324 g/mol. The van der Waals surface area contributed by atoms with Gasteiger partial charge in [-0.1, -0.05) is 29.8 Å². The van der Waals surface area contributed by atoms with Crippen molar-refractivity contribution < 1.29 is 13.2 Å². The maximum Gasteiger partial charge on any atom is 0.239 e. The van der Waals surface area contributed by atoms with Gasteiger partial charge in [0, 0.05) is 18.3 Å². The van der Waals surface area contributed by atoms with E-state index in [9.17, 15) is 13.2 Å². The molecule has 1 aliphatic rings. The van der Waals surface area contributed by atoms with E-state index in [1.165, 1.54) is 0 Å². The highest BCUT2D eigenvalue weighted by molar-refractivity contribution is 7.89. The van der Waals surface area contributed by atoms with Crippen LogP contribution in [0, 0.1) is 19.8 Å². The molecule has 0 spiro atoms. The van der Waals surface area contributed by atoms with E-state index in [0.717, 1.165) is 22.3 Å². The Kier molecular flexibility index (Phi) is 4.41. The van der Waals surface area contributed by atoms with Crippen LogP contribution in [0.15, 0.2) is 42.7 Å². The Labute approximate surface area is 142 Å². The molecule has 3 rings (SSSR count). The van der Waals surface area contributed by atoms with E-state index in [4.69, 9.17) is 0 Å². The predicted octanol–water partition coefficient (Wildman–Crippen LogP) is 2.45. The Balaban J connectivity index is 1.65. The molecule has 1 saturated carbocycles. The molecule has 2 aromatic rings. The standard InChI is InChI=1S/C18H20N2O3S/c1-12-5-6-13(2)15(8-12)11-24(22,23)20-18(21)17-9-16(17)14-4-3-7-19-10-14/h3-8,10,16-17H,9,11H2,1-2H3,(H,20,21). The second-order valence-electron chi connectivity index (χ2n) is 6.39. The highest BCUT2D eigenvalue weighted by atomic mass is 32.2. The molecule has 0 bridgehead atoms. The quantitative estimate of drug-likeness (QED) is 0.904. The minimum Gasteiger partial charge on any atom is -0.274 e. The fraction of sp³-hybridized carbons (Fsp3) is 0.333. The lowest BCUT2D eigenvalue weighted by atomic mass is 10.1. The lowest BCUT2D eigenvalue weighted by Gasteiger charge is -2.10. The van der Waals surface area contributed by atoms with Gasteiger partial charge in [-0.2, -0.15) is 0 Å². The molecule has 2 atom stereocenters. The van der Waals surface area contributed by atoms with Crippen LogP contribution in [-0.4, -0.2) is 19.3 Å². The molecule has 2 unspecified atom stereocenters. The summed E-state index contributed by atoms with van der Waals surface area (Å²) < 4.78 is 26.8. The minimum atomic E-state index is -3.70. The first-order valence-electron chi connectivity index (χ1n) is 7.86. The van der Waals surface area contributed by atoms with Crippen molar-refractivity contribution >= 4 is 15.9 Å². The van der Waals surface area contributed by atoms with Crippen LogP contribution >= 0.6 is 0 Å². The minimum absolute atomic E-state index is 0.0644. The molecule has 1 aromatic carbocycles. The fourth-order valence-corrected chi connectivity index (χ4v) is 4.12. The Morgan fingerprint density at radius 2 is 2.08 bits per heavy atom. The Bertz CT molecular complexity index is 863. The van der Waals surface area contributed by atoms with Gasteiger partial charge in [0.05, 0.1) is 5.75 Å². The van der Waals surface area contributed by atoms with Gasteiger partial charge >= 0.3 is 0 Å². The predicted molar refractivity (Wildman–Crippen MR) is 91.8 cm³/mol. The third kappa shape index (κ3) is 3.82.